The van der Waals surface area contributed by atoms with Crippen LogP contribution in [0.2, 0.25) is 0 Å². The second kappa shape index (κ2) is 11.2. The van der Waals surface area contributed by atoms with Crippen LogP contribution in [0.1, 0.15) is 0 Å². The van der Waals surface area contributed by atoms with Crippen molar-refractivity contribution in [3.8, 4) is 55.6 Å². The zero-order chi connectivity index (χ0) is 31.2. The molecule has 3 heteroatoms. The van der Waals surface area contributed by atoms with Crippen molar-refractivity contribution >= 4 is 27.8 Å². The first-order valence-electron chi connectivity index (χ1n) is 15.9. The number of hydrogen-bond donors (Lipinski definition) is 0. The Hall–Kier alpha value is -6.32. The van der Waals surface area contributed by atoms with E-state index >= 15 is 0 Å². The molecule has 1 aliphatic carbocycles. The van der Waals surface area contributed by atoms with Crippen molar-refractivity contribution in [2.24, 2.45) is 0 Å². The maximum Gasteiger partial charge on any atom is 0.0473 e. The summed E-state index contributed by atoms with van der Waals surface area (Å²) < 4.78 is 0. The molecule has 3 nitrogen and oxygen atoms in total. The third-order valence-electron chi connectivity index (χ3n) is 9.20. The van der Waals surface area contributed by atoms with Gasteiger partial charge in [0.1, 0.15) is 0 Å². The lowest BCUT2D eigenvalue weighted by atomic mass is 9.94. The predicted octanol–water partition coefficient (Wildman–Crippen LogP) is 11.7. The van der Waals surface area contributed by atoms with Gasteiger partial charge in [-0.1, -0.05) is 84.9 Å². The molecule has 0 aliphatic heterocycles. The molecule has 220 valence electrons. The molecule has 0 atom stereocenters. The number of aromatic nitrogens is 2. The lowest BCUT2D eigenvalue weighted by molar-refractivity contribution is 1.28. The van der Waals surface area contributed by atoms with Crippen molar-refractivity contribution in [1.29, 1.82) is 0 Å². The number of nitrogens with zero attached hydrogens (tertiary/aromatic N) is 3. The molecule has 0 bridgehead atoms. The van der Waals surface area contributed by atoms with Gasteiger partial charge < -0.3 is 4.90 Å². The zero-order valence-corrected chi connectivity index (χ0v) is 25.6. The highest BCUT2D eigenvalue weighted by molar-refractivity contribution is 6.18. The number of fused-ring (bicyclic) bond motifs is 3. The van der Waals surface area contributed by atoms with Crippen molar-refractivity contribution < 1.29 is 0 Å². The monoisotopic (exact) mass is 599 g/mol. The van der Waals surface area contributed by atoms with E-state index in [-0.39, 0.29) is 0 Å². The van der Waals surface area contributed by atoms with Crippen molar-refractivity contribution in [3.05, 3.63) is 176 Å². The molecule has 0 saturated heterocycles. The summed E-state index contributed by atoms with van der Waals surface area (Å²) in [6, 6.07) is 54.6. The highest BCUT2D eigenvalue weighted by atomic mass is 15.1. The molecule has 0 radical (unpaired) electrons. The molecule has 0 fully saturated rings. The molecule has 47 heavy (non-hydrogen) atoms. The minimum atomic E-state index is 1.08. The molecule has 8 aromatic rings. The van der Waals surface area contributed by atoms with Crippen molar-refractivity contribution in [2.75, 3.05) is 4.90 Å². The largest absolute Gasteiger partial charge is 0.310 e. The number of hydrogen-bond acceptors (Lipinski definition) is 3. The summed E-state index contributed by atoms with van der Waals surface area (Å²) in [6.45, 7) is 0. The van der Waals surface area contributed by atoms with E-state index in [1.165, 1.54) is 44.2 Å². The van der Waals surface area contributed by atoms with Crippen LogP contribution in [-0.4, -0.2) is 9.97 Å². The van der Waals surface area contributed by atoms with Crippen LogP contribution in [0.4, 0.5) is 17.1 Å². The first-order valence-corrected chi connectivity index (χ1v) is 15.9. The van der Waals surface area contributed by atoms with Crippen LogP contribution in [0, 0.1) is 0 Å². The molecular weight excluding hydrogens is 571 g/mol. The summed E-state index contributed by atoms with van der Waals surface area (Å²) in [5.74, 6) is 0. The Labute approximate surface area is 274 Å². The smallest absolute Gasteiger partial charge is 0.0473 e. The minimum Gasteiger partial charge on any atom is -0.310 e. The van der Waals surface area contributed by atoms with E-state index in [9.17, 15) is 0 Å². The molecule has 6 aromatic carbocycles. The maximum atomic E-state index is 4.26. The Morgan fingerprint density at radius 1 is 0.319 bits per heavy atom. The number of rotatable bonds is 6. The summed E-state index contributed by atoms with van der Waals surface area (Å²) in [7, 11) is 0. The second-order valence-corrected chi connectivity index (χ2v) is 11.9. The fraction of sp³-hybridized carbons (Fsp3) is 0. The van der Waals surface area contributed by atoms with E-state index in [0.29, 0.717) is 0 Å². The van der Waals surface area contributed by atoms with Gasteiger partial charge in [-0.2, -0.15) is 0 Å². The standard InChI is InChI=1S/C44H29N3/c1-2-7-35(8-3-1)47(37-28-33(30-19-23-45-24-20-30)27-34(29-37)31-21-25-46-26-22-31)36-15-13-32(14-16-36)38-17-18-43-40-10-5-4-9-39(40)42-12-6-11-41(38)44(42)43/h1-29H. The van der Waals surface area contributed by atoms with Crippen molar-refractivity contribution in [1.82, 2.24) is 9.97 Å². The Kier molecular flexibility index (Phi) is 6.46. The summed E-state index contributed by atoms with van der Waals surface area (Å²) in [5, 5.41) is 2.63. The molecule has 0 N–H and O–H groups in total. The number of pyridine rings is 2. The quantitative estimate of drug-likeness (QED) is 0.190. The van der Waals surface area contributed by atoms with Gasteiger partial charge in [0.05, 0.1) is 0 Å². The molecule has 9 rings (SSSR count). The molecule has 1 aliphatic rings. The summed E-state index contributed by atoms with van der Waals surface area (Å²) in [4.78, 5) is 10.9. The van der Waals surface area contributed by atoms with Crippen molar-refractivity contribution in [2.45, 2.75) is 0 Å². The summed E-state index contributed by atoms with van der Waals surface area (Å²) in [5.41, 5.74) is 15.5. The average molecular weight is 600 g/mol. The number of anilines is 3. The topological polar surface area (TPSA) is 29.0 Å². The van der Waals surface area contributed by atoms with E-state index in [2.05, 4.69) is 167 Å². The third-order valence-corrected chi connectivity index (χ3v) is 9.20. The lowest BCUT2D eigenvalue weighted by Gasteiger charge is -2.27. The fourth-order valence-corrected chi connectivity index (χ4v) is 7.04. The van der Waals surface area contributed by atoms with Crippen LogP contribution in [-0.2, 0) is 0 Å². The van der Waals surface area contributed by atoms with E-state index in [4.69, 9.17) is 0 Å². The Morgan fingerprint density at radius 3 is 1.49 bits per heavy atom. The van der Waals surface area contributed by atoms with Gasteiger partial charge in [-0.3, -0.25) is 9.97 Å². The normalized spacial score (nSPS) is 11.4. The van der Waals surface area contributed by atoms with Crippen molar-refractivity contribution in [3.63, 3.8) is 0 Å². The number of benzene rings is 6. The Balaban J connectivity index is 1.18. The molecule has 2 aromatic heterocycles. The van der Waals surface area contributed by atoms with Crippen LogP contribution in [0.3, 0.4) is 0 Å². The van der Waals surface area contributed by atoms with Gasteiger partial charge in [0, 0.05) is 41.8 Å². The molecule has 0 spiro atoms. The predicted molar refractivity (Wildman–Crippen MR) is 195 cm³/mol. The van der Waals surface area contributed by atoms with Gasteiger partial charge >= 0.3 is 0 Å². The van der Waals surface area contributed by atoms with E-state index < -0.39 is 0 Å². The molecule has 0 saturated carbocycles. The van der Waals surface area contributed by atoms with Crippen LogP contribution in [0.25, 0.3) is 66.4 Å². The maximum absolute atomic E-state index is 4.26. The Morgan fingerprint density at radius 2 is 0.851 bits per heavy atom. The van der Waals surface area contributed by atoms with E-state index in [1.54, 1.807) is 0 Å². The number of para-hydroxylation sites is 1. The first kappa shape index (κ1) is 27.0. The molecule has 0 unspecified atom stereocenters. The average Bonchev–Trinajstić information content (AvgIpc) is 3.48. The zero-order valence-electron chi connectivity index (χ0n) is 25.6. The SMILES string of the molecule is c1ccc(N(c2ccc(-c3ccc4c5c(cccc35)-c3ccccc3-4)cc2)c2cc(-c3ccncc3)cc(-c3ccncc3)c2)cc1. The highest BCUT2D eigenvalue weighted by Crippen LogP contribution is 2.49. The minimum absolute atomic E-state index is 1.08. The van der Waals surface area contributed by atoms with Gasteiger partial charge in [-0.15, -0.1) is 0 Å². The van der Waals surface area contributed by atoms with Crippen LogP contribution in [0.15, 0.2) is 176 Å². The molecule has 2 heterocycles. The van der Waals surface area contributed by atoms with Crippen LogP contribution < -0.4 is 4.90 Å². The lowest BCUT2D eigenvalue weighted by Crippen LogP contribution is -2.10. The third kappa shape index (κ3) is 4.68. The highest BCUT2D eigenvalue weighted by Gasteiger charge is 2.22. The van der Waals surface area contributed by atoms with E-state index in [1.807, 2.05) is 24.8 Å². The van der Waals surface area contributed by atoms with Gasteiger partial charge in [-0.05, 0) is 133 Å². The van der Waals surface area contributed by atoms with E-state index in [0.717, 1.165) is 39.3 Å². The summed E-state index contributed by atoms with van der Waals surface area (Å²) >= 11 is 0. The Bertz CT molecular complexity index is 2300. The van der Waals surface area contributed by atoms with Gasteiger partial charge in [0.25, 0.3) is 0 Å². The fourth-order valence-electron chi connectivity index (χ4n) is 7.04. The second-order valence-electron chi connectivity index (χ2n) is 11.9. The summed E-state index contributed by atoms with van der Waals surface area (Å²) in [6.07, 6.45) is 7.39. The van der Waals surface area contributed by atoms with Gasteiger partial charge in [0.15, 0.2) is 0 Å². The van der Waals surface area contributed by atoms with Gasteiger partial charge in [0.2, 0.25) is 0 Å². The molecular formula is C44H29N3. The van der Waals surface area contributed by atoms with Gasteiger partial charge in [-0.25, -0.2) is 0 Å². The van der Waals surface area contributed by atoms with Crippen LogP contribution >= 0.6 is 0 Å². The van der Waals surface area contributed by atoms with Crippen LogP contribution in [0.5, 0.6) is 0 Å². The first-order chi connectivity index (χ1) is 23.3. The molecule has 0 amide bonds.